The quantitative estimate of drug-likeness (QED) is 0.850. The fourth-order valence-corrected chi connectivity index (χ4v) is 2.33. The zero-order valence-corrected chi connectivity index (χ0v) is 10.3. The Morgan fingerprint density at radius 1 is 1.42 bits per heavy atom. The molecule has 1 aliphatic heterocycles. The lowest BCUT2D eigenvalue weighted by Gasteiger charge is -2.10. The van der Waals surface area contributed by atoms with E-state index >= 15 is 0 Å². The summed E-state index contributed by atoms with van der Waals surface area (Å²) < 4.78 is 10.4. The number of hydrogen-bond acceptors (Lipinski definition) is 5. The lowest BCUT2D eigenvalue weighted by Crippen LogP contribution is -2.04. The van der Waals surface area contributed by atoms with Gasteiger partial charge in [0.1, 0.15) is 17.1 Å². The number of aromatic carboxylic acids is 1. The molecule has 1 aromatic carbocycles. The van der Waals surface area contributed by atoms with Crippen LogP contribution in [-0.2, 0) is 18.0 Å². The molecule has 19 heavy (non-hydrogen) atoms. The first kappa shape index (κ1) is 11.7. The topological polar surface area (TPSA) is 94.7 Å². The predicted octanol–water partition coefficient (Wildman–Crippen LogP) is 1.55. The van der Waals surface area contributed by atoms with E-state index in [2.05, 4.69) is 4.98 Å². The van der Waals surface area contributed by atoms with Crippen LogP contribution in [0.25, 0.3) is 10.9 Å². The maximum absolute atomic E-state index is 11.2. The van der Waals surface area contributed by atoms with Gasteiger partial charge in [0.2, 0.25) is 0 Å². The van der Waals surface area contributed by atoms with Crippen molar-refractivity contribution in [2.45, 2.75) is 13.2 Å². The Labute approximate surface area is 108 Å². The molecule has 0 fully saturated rings. The number of nitrogens with two attached hydrogens (primary N) is 1. The fourth-order valence-electron chi connectivity index (χ4n) is 2.33. The van der Waals surface area contributed by atoms with E-state index in [0.29, 0.717) is 24.5 Å². The molecule has 6 heteroatoms. The average molecular weight is 260 g/mol. The number of methoxy groups -OCH3 is 1. The first-order valence-corrected chi connectivity index (χ1v) is 5.72. The molecule has 0 saturated heterocycles. The van der Waals surface area contributed by atoms with E-state index in [9.17, 15) is 9.90 Å². The molecule has 0 bridgehead atoms. The van der Waals surface area contributed by atoms with E-state index in [-0.39, 0.29) is 11.3 Å². The molecular formula is C13H12N2O4. The molecule has 1 aliphatic rings. The maximum Gasteiger partial charge on any atom is 0.339 e. The number of ether oxygens (including phenoxy) is 2. The van der Waals surface area contributed by atoms with Crippen molar-refractivity contribution >= 4 is 22.7 Å². The first-order chi connectivity index (χ1) is 9.11. The highest BCUT2D eigenvalue weighted by Crippen LogP contribution is 2.34. The molecule has 0 aliphatic carbocycles. The predicted molar refractivity (Wildman–Crippen MR) is 68.2 cm³/mol. The molecule has 0 spiro atoms. The van der Waals surface area contributed by atoms with Crippen molar-refractivity contribution < 1.29 is 19.4 Å². The summed E-state index contributed by atoms with van der Waals surface area (Å²) in [4.78, 5) is 15.5. The monoisotopic (exact) mass is 260 g/mol. The van der Waals surface area contributed by atoms with Crippen LogP contribution in [0.1, 0.15) is 21.5 Å². The first-order valence-electron chi connectivity index (χ1n) is 5.72. The van der Waals surface area contributed by atoms with Crippen molar-refractivity contribution in [2.75, 3.05) is 12.8 Å². The van der Waals surface area contributed by atoms with Gasteiger partial charge >= 0.3 is 5.97 Å². The minimum absolute atomic E-state index is 0.107. The van der Waals surface area contributed by atoms with E-state index in [4.69, 9.17) is 15.2 Å². The van der Waals surface area contributed by atoms with Gasteiger partial charge in [-0.3, -0.25) is 0 Å². The molecule has 2 aromatic rings. The standard InChI is InChI=1S/C13H12N2O4/c1-18-11-3-10-6(2-7(11)13(16)17)8-4-19-5-9(8)12(14)15-10/h2-3H,4-5H2,1H3,(H2,14,15)(H,16,17). The zero-order valence-electron chi connectivity index (χ0n) is 10.3. The minimum atomic E-state index is -1.04. The normalized spacial score (nSPS) is 13.5. The van der Waals surface area contributed by atoms with E-state index < -0.39 is 5.97 Å². The van der Waals surface area contributed by atoms with Crippen LogP contribution < -0.4 is 10.5 Å². The van der Waals surface area contributed by atoms with E-state index in [1.165, 1.54) is 7.11 Å². The van der Waals surface area contributed by atoms with Crippen LogP contribution in [-0.4, -0.2) is 23.2 Å². The summed E-state index contributed by atoms with van der Waals surface area (Å²) in [5.41, 5.74) is 8.35. The highest BCUT2D eigenvalue weighted by Gasteiger charge is 2.22. The number of rotatable bonds is 2. The smallest absolute Gasteiger partial charge is 0.339 e. The molecule has 0 amide bonds. The molecule has 3 rings (SSSR count). The molecule has 2 heterocycles. The largest absolute Gasteiger partial charge is 0.496 e. The van der Waals surface area contributed by atoms with Crippen molar-refractivity contribution in [3.05, 3.63) is 28.8 Å². The minimum Gasteiger partial charge on any atom is -0.496 e. The third-order valence-corrected chi connectivity index (χ3v) is 3.28. The molecule has 0 unspecified atom stereocenters. The lowest BCUT2D eigenvalue weighted by molar-refractivity contribution is 0.0693. The van der Waals surface area contributed by atoms with Crippen LogP contribution in [0.2, 0.25) is 0 Å². The Morgan fingerprint density at radius 2 is 2.16 bits per heavy atom. The molecule has 0 saturated carbocycles. The van der Waals surface area contributed by atoms with Gasteiger partial charge in [0.15, 0.2) is 0 Å². The second-order valence-corrected chi connectivity index (χ2v) is 4.32. The Kier molecular flexibility index (Phi) is 2.53. The molecule has 1 aromatic heterocycles. The molecule has 0 atom stereocenters. The SMILES string of the molecule is COc1cc2nc(N)c3c(c2cc1C(=O)O)COC3. The highest BCUT2D eigenvalue weighted by atomic mass is 16.5. The van der Waals surface area contributed by atoms with Crippen molar-refractivity contribution in [3.63, 3.8) is 0 Å². The van der Waals surface area contributed by atoms with Gasteiger partial charge in [-0.25, -0.2) is 9.78 Å². The van der Waals surface area contributed by atoms with Gasteiger partial charge in [-0.15, -0.1) is 0 Å². The molecule has 6 nitrogen and oxygen atoms in total. The van der Waals surface area contributed by atoms with Crippen molar-refractivity contribution in [2.24, 2.45) is 0 Å². The summed E-state index contributed by atoms with van der Waals surface area (Å²) in [6.07, 6.45) is 0. The van der Waals surface area contributed by atoms with Crippen LogP contribution in [0, 0.1) is 0 Å². The molecule has 3 N–H and O–H groups in total. The number of carboxylic acid groups (broad SMARTS) is 1. The summed E-state index contributed by atoms with van der Waals surface area (Å²) in [6.45, 7) is 0.836. The summed E-state index contributed by atoms with van der Waals surface area (Å²) in [7, 11) is 1.42. The average Bonchev–Trinajstić information content (AvgIpc) is 2.87. The molecular weight excluding hydrogens is 248 g/mol. The number of hydrogen-bond donors (Lipinski definition) is 2. The second kappa shape index (κ2) is 4.10. The fraction of sp³-hybridized carbons (Fsp3) is 0.231. The van der Waals surface area contributed by atoms with Gasteiger partial charge < -0.3 is 20.3 Å². The van der Waals surface area contributed by atoms with Gasteiger partial charge in [-0.05, 0) is 11.6 Å². The number of anilines is 1. The third-order valence-electron chi connectivity index (χ3n) is 3.28. The number of benzene rings is 1. The number of nitrogen functional groups attached to an aromatic ring is 1. The summed E-state index contributed by atoms with van der Waals surface area (Å²) in [5.74, 6) is -0.348. The number of carbonyl (C=O) groups is 1. The Morgan fingerprint density at radius 3 is 2.84 bits per heavy atom. The highest BCUT2D eigenvalue weighted by molar-refractivity contribution is 5.98. The number of fused-ring (bicyclic) bond motifs is 3. The zero-order chi connectivity index (χ0) is 13.6. The number of pyridine rings is 1. The van der Waals surface area contributed by atoms with Gasteiger partial charge in [0.05, 0.1) is 25.8 Å². The lowest BCUT2D eigenvalue weighted by atomic mass is 10.0. The summed E-state index contributed by atoms with van der Waals surface area (Å²) >= 11 is 0. The number of carboxylic acids is 1. The van der Waals surface area contributed by atoms with Crippen LogP contribution in [0.3, 0.4) is 0 Å². The van der Waals surface area contributed by atoms with E-state index in [1.54, 1.807) is 12.1 Å². The maximum atomic E-state index is 11.2. The van der Waals surface area contributed by atoms with Gasteiger partial charge in [0.25, 0.3) is 0 Å². The van der Waals surface area contributed by atoms with Crippen molar-refractivity contribution in [3.8, 4) is 5.75 Å². The Hall–Kier alpha value is -2.34. The van der Waals surface area contributed by atoms with Crippen LogP contribution in [0.4, 0.5) is 5.82 Å². The van der Waals surface area contributed by atoms with Gasteiger partial charge in [0, 0.05) is 17.0 Å². The van der Waals surface area contributed by atoms with Gasteiger partial charge in [-0.1, -0.05) is 0 Å². The van der Waals surface area contributed by atoms with E-state index in [0.717, 1.165) is 16.5 Å². The van der Waals surface area contributed by atoms with E-state index in [1.807, 2.05) is 0 Å². The van der Waals surface area contributed by atoms with Crippen LogP contribution >= 0.6 is 0 Å². The molecule has 0 radical (unpaired) electrons. The Balaban J connectivity index is 2.37. The summed E-state index contributed by atoms with van der Waals surface area (Å²) in [5, 5.41) is 9.95. The Bertz CT molecular complexity index is 697. The van der Waals surface area contributed by atoms with Crippen LogP contribution in [0.5, 0.6) is 5.75 Å². The second-order valence-electron chi connectivity index (χ2n) is 4.32. The van der Waals surface area contributed by atoms with Crippen molar-refractivity contribution in [1.29, 1.82) is 0 Å². The van der Waals surface area contributed by atoms with Gasteiger partial charge in [-0.2, -0.15) is 0 Å². The third kappa shape index (κ3) is 1.68. The number of aromatic nitrogens is 1. The summed E-state index contributed by atoms with van der Waals surface area (Å²) in [6, 6.07) is 3.16. The number of nitrogens with zero attached hydrogens (tertiary/aromatic N) is 1. The molecule has 98 valence electrons. The van der Waals surface area contributed by atoms with Crippen molar-refractivity contribution in [1.82, 2.24) is 4.98 Å². The van der Waals surface area contributed by atoms with Crippen LogP contribution in [0.15, 0.2) is 12.1 Å².